The van der Waals surface area contributed by atoms with E-state index in [1.165, 1.54) is 20.3 Å². The van der Waals surface area contributed by atoms with Crippen LogP contribution in [0.25, 0.3) is 0 Å². The molecule has 0 saturated heterocycles. The molecule has 0 heterocycles. The topological polar surface area (TPSA) is 117 Å². The summed E-state index contributed by atoms with van der Waals surface area (Å²) in [6.45, 7) is 4.25. The molecule has 138 valence electrons. The van der Waals surface area contributed by atoms with Crippen molar-refractivity contribution < 1.29 is 37.5 Å². The van der Waals surface area contributed by atoms with Crippen molar-refractivity contribution >= 4 is 25.4 Å². The second-order valence-electron chi connectivity index (χ2n) is 4.52. The first kappa shape index (κ1) is 22.3. The lowest BCUT2D eigenvalue weighted by molar-refractivity contribution is -0.167. The molecule has 1 N–H and O–H groups in total. The van der Waals surface area contributed by atoms with Gasteiger partial charge >= 0.3 is 19.5 Å². The number of rotatable bonds is 10. The van der Waals surface area contributed by atoms with E-state index in [0.717, 1.165) is 12.7 Å². The van der Waals surface area contributed by atoms with Gasteiger partial charge in [-0.15, -0.1) is 0 Å². The van der Waals surface area contributed by atoms with Crippen LogP contribution in [0, 0.1) is 0 Å². The summed E-state index contributed by atoms with van der Waals surface area (Å²) in [4.78, 5) is 36.1. The van der Waals surface area contributed by atoms with Crippen molar-refractivity contribution in [1.82, 2.24) is 5.32 Å². The van der Waals surface area contributed by atoms with Crippen molar-refractivity contribution in [1.29, 1.82) is 0 Å². The van der Waals surface area contributed by atoms with Crippen LogP contribution in [0.15, 0.2) is 11.9 Å². The molecule has 0 unspecified atom stereocenters. The normalized spacial score (nSPS) is 12.0. The summed E-state index contributed by atoms with van der Waals surface area (Å²) in [5, 5.41) is 2.27. The molecule has 0 radical (unpaired) electrons. The van der Waals surface area contributed by atoms with Crippen LogP contribution in [0.1, 0.15) is 27.2 Å². The summed E-state index contributed by atoms with van der Waals surface area (Å²) in [5.74, 6) is -1.51. The van der Waals surface area contributed by atoms with Gasteiger partial charge in [0.25, 0.3) is 0 Å². The van der Waals surface area contributed by atoms with E-state index in [0.29, 0.717) is 0 Å². The molecule has 0 rings (SSSR count). The number of hydrogen-bond acceptors (Lipinski definition) is 8. The largest absolute Gasteiger partial charge is 0.464 e. The molecule has 0 aromatic heterocycles. The maximum atomic E-state index is 12.3. The molecule has 0 aromatic rings. The molecular formula is C14H24NO8P. The molecule has 0 fully saturated rings. The summed E-state index contributed by atoms with van der Waals surface area (Å²) in [7, 11) is -1.12. The highest BCUT2D eigenvalue weighted by Gasteiger charge is 2.49. The van der Waals surface area contributed by atoms with Gasteiger partial charge in [-0.1, -0.05) is 6.08 Å². The smallest absolute Gasteiger partial charge is 0.353 e. The van der Waals surface area contributed by atoms with Crippen LogP contribution >= 0.6 is 7.60 Å². The Labute approximate surface area is 141 Å². The fraction of sp³-hybridized carbons (Fsp3) is 0.643. The van der Waals surface area contributed by atoms with E-state index in [-0.39, 0.29) is 19.6 Å². The van der Waals surface area contributed by atoms with Crippen LogP contribution in [0.2, 0.25) is 0 Å². The first-order valence-electron chi connectivity index (χ1n) is 7.23. The first-order chi connectivity index (χ1) is 11.2. The predicted molar refractivity (Wildman–Crippen MR) is 85.2 cm³/mol. The summed E-state index contributed by atoms with van der Waals surface area (Å²) < 4.78 is 31.2. The van der Waals surface area contributed by atoms with E-state index < -0.39 is 31.0 Å². The van der Waals surface area contributed by atoms with E-state index in [2.05, 4.69) is 5.32 Å². The minimum absolute atomic E-state index is 0.00206. The van der Waals surface area contributed by atoms with Gasteiger partial charge in [0, 0.05) is 33.4 Å². The highest BCUT2D eigenvalue weighted by atomic mass is 31.2. The van der Waals surface area contributed by atoms with Crippen LogP contribution in [0.5, 0.6) is 0 Å². The summed E-state index contributed by atoms with van der Waals surface area (Å²) in [6.07, 6.45) is 0.887. The molecular weight excluding hydrogens is 341 g/mol. The maximum Gasteiger partial charge on any atom is 0.353 e. The van der Waals surface area contributed by atoms with Crippen LogP contribution in [0.3, 0.4) is 0 Å². The van der Waals surface area contributed by atoms with E-state index >= 15 is 0 Å². The van der Waals surface area contributed by atoms with Gasteiger partial charge in [-0.05, 0) is 13.8 Å². The minimum atomic E-state index is -3.49. The van der Waals surface area contributed by atoms with Crippen molar-refractivity contribution in [2.24, 2.45) is 0 Å². The minimum Gasteiger partial charge on any atom is -0.464 e. The lowest BCUT2D eigenvalue weighted by Crippen LogP contribution is -2.60. The Bertz CT molecular complexity index is 505. The van der Waals surface area contributed by atoms with Gasteiger partial charge < -0.3 is 23.8 Å². The predicted octanol–water partition coefficient (Wildman–Crippen LogP) is 1.38. The summed E-state index contributed by atoms with van der Waals surface area (Å²) >= 11 is 0. The number of nitrogens with one attached hydrogen (secondary N) is 1. The van der Waals surface area contributed by atoms with Crippen molar-refractivity contribution in [3.63, 3.8) is 0 Å². The summed E-state index contributed by atoms with van der Waals surface area (Å²) in [6, 6.07) is 0. The van der Waals surface area contributed by atoms with Gasteiger partial charge in [0.05, 0.1) is 13.2 Å². The third-order valence-electron chi connectivity index (χ3n) is 2.86. The zero-order chi connectivity index (χ0) is 18.8. The number of hydrogen-bond donors (Lipinski definition) is 1. The Morgan fingerprint density at radius 3 is 1.83 bits per heavy atom. The quantitative estimate of drug-likeness (QED) is 0.350. The van der Waals surface area contributed by atoms with Crippen molar-refractivity contribution in [2.45, 2.75) is 32.7 Å². The second-order valence-corrected chi connectivity index (χ2v) is 6.63. The fourth-order valence-corrected chi connectivity index (χ4v) is 2.52. The zero-order valence-corrected chi connectivity index (χ0v) is 15.4. The molecule has 10 heteroatoms. The molecule has 0 aliphatic rings. The van der Waals surface area contributed by atoms with Gasteiger partial charge in [0.2, 0.25) is 11.4 Å². The third-order valence-corrected chi connectivity index (χ3v) is 4.45. The Balaban J connectivity index is 5.75. The summed E-state index contributed by atoms with van der Waals surface area (Å²) in [5.41, 5.74) is -2.08. The number of amides is 1. The van der Waals surface area contributed by atoms with Crippen LogP contribution in [0.4, 0.5) is 0 Å². The van der Waals surface area contributed by atoms with E-state index in [9.17, 15) is 18.9 Å². The van der Waals surface area contributed by atoms with Gasteiger partial charge in [-0.2, -0.15) is 0 Å². The van der Waals surface area contributed by atoms with Crippen LogP contribution in [-0.4, -0.2) is 50.8 Å². The molecule has 0 spiro atoms. The SMILES string of the molecule is CCOC(=O)C(C/C=C/P(=O)(OC)OC)(NC(C)=O)C(=O)OCC. The molecule has 0 aliphatic carbocycles. The lowest BCUT2D eigenvalue weighted by atomic mass is 9.95. The van der Waals surface area contributed by atoms with Crippen molar-refractivity contribution in [2.75, 3.05) is 27.4 Å². The lowest BCUT2D eigenvalue weighted by Gasteiger charge is -2.28. The van der Waals surface area contributed by atoms with Crippen molar-refractivity contribution in [3.05, 3.63) is 11.9 Å². The monoisotopic (exact) mass is 365 g/mol. The van der Waals surface area contributed by atoms with Gasteiger partial charge in [0.15, 0.2) is 0 Å². The number of carbonyl (C=O) groups excluding carboxylic acids is 3. The van der Waals surface area contributed by atoms with E-state index in [1.807, 2.05) is 0 Å². The Morgan fingerprint density at radius 1 is 1.04 bits per heavy atom. The average Bonchev–Trinajstić information content (AvgIpc) is 2.53. The zero-order valence-electron chi connectivity index (χ0n) is 14.5. The van der Waals surface area contributed by atoms with Crippen LogP contribution < -0.4 is 5.32 Å². The number of carbonyl (C=O) groups is 3. The van der Waals surface area contributed by atoms with Gasteiger partial charge in [-0.25, -0.2) is 9.59 Å². The standard InChI is InChI=1S/C14H24NO8P/c1-6-22-12(17)14(15-11(3)16,13(18)23-7-2)9-8-10-24(19,20-4)21-5/h8,10H,6-7,9H2,1-5H3,(H,15,16)/b10-8+. The molecule has 9 nitrogen and oxygen atoms in total. The van der Waals surface area contributed by atoms with E-state index in [1.54, 1.807) is 13.8 Å². The molecule has 24 heavy (non-hydrogen) atoms. The molecule has 0 saturated carbocycles. The molecule has 0 atom stereocenters. The highest BCUT2D eigenvalue weighted by molar-refractivity contribution is 7.57. The van der Waals surface area contributed by atoms with E-state index in [4.69, 9.17) is 18.5 Å². The Kier molecular flexibility index (Phi) is 9.50. The molecule has 0 aromatic carbocycles. The van der Waals surface area contributed by atoms with Crippen LogP contribution in [-0.2, 0) is 37.5 Å². The Morgan fingerprint density at radius 2 is 1.50 bits per heavy atom. The molecule has 0 aliphatic heterocycles. The molecule has 1 amide bonds. The van der Waals surface area contributed by atoms with Gasteiger partial charge in [-0.3, -0.25) is 9.36 Å². The molecule has 0 bridgehead atoms. The number of esters is 2. The number of ether oxygens (including phenoxy) is 2. The second kappa shape index (κ2) is 10.2. The van der Waals surface area contributed by atoms with Crippen molar-refractivity contribution in [3.8, 4) is 0 Å². The maximum absolute atomic E-state index is 12.3. The van der Waals surface area contributed by atoms with Gasteiger partial charge in [0.1, 0.15) is 0 Å². The highest BCUT2D eigenvalue weighted by Crippen LogP contribution is 2.48. The Hall–Kier alpha value is -1.70. The average molecular weight is 365 g/mol. The first-order valence-corrected chi connectivity index (χ1v) is 8.84. The fourth-order valence-electron chi connectivity index (χ4n) is 1.77. The third kappa shape index (κ3) is 6.07.